The van der Waals surface area contributed by atoms with Crippen LogP contribution < -0.4 is 4.74 Å². The Morgan fingerprint density at radius 2 is 1.73 bits per heavy atom. The van der Waals surface area contributed by atoms with Gasteiger partial charge in [0.15, 0.2) is 0 Å². The highest BCUT2D eigenvalue weighted by atomic mass is 16.6. The lowest BCUT2D eigenvalue weighted by Crippen LogP contribution is -2.23. The first-order valence-corrected chi connectivity index (χ1v) is 11.8. The van der Waals surface area contributed by atoms with E-state index < -0.39 is 5.97 Å². The molecule has 1 aromatic carbocycles. The number of carbonyl (C=O) groups excluding carboxylic acids is 1. The van der Waals surface area contributed by atoms with Crippen LogP contribution in [0.4, 0.5) is 0 Å². The lowest BCUT2D eigenvalue weighted by atomic mass is 9.70. The normalized spacial score (nSPS) is 22.5. The van der Waals surface area contributed by atoms with Crippen molar-refractivity contribution in [1.82, 2.24) is 0 Å². The number of carbonyl (C=O) groups is 1. The topological polar surface area (TPSA) is 55.8 Å². The first-order valence-electron chi connectivity index (χ1n) is 11.8. The average molecular weight is 415 g/mol. The summed E-state index contributed by atoms with van der Waals surface area (Å²) in [4.78, 5) is 11.5. The van der Waals surface area contributed by atoms with Crippen LogP contribution in [0.25, 0.3) is 0 Å². The number of rotatable bonds is 9. The summed E-state index contributed by atoms with van der Waals surface area (Å²) in [6.07, 6.45) is 13.0. The zero-order valence-electron chi connectivity index (χ0n) is 18.5. The molecule has 3 rings (SSSR count). The van der Waals surface area contributed by atoms with Gasteiger partial charge in [0.2, 0.25) is 0 Å². The molecule has 4 nitrogen and oxygen atoms in total. The Balaban J connectivity index is 1.56. The molecule has 0 atom stereocenters. The summed E-state index contributed by atoms with van der Waals surface area (Å²) in [6, 6.07) is 6.45. The average Bonchev–Trinajstić information content (AvgIpc) is 2.78. The second kappa shape index (κ2) is 11.5. The van der Waals surface area contributed by atoms with Gasteiger partial charge in [0, 0.05) is 12.2 Å². The van der Waals surface area contributed by atoms with Gasteiger partial charge in [-0.05, 0) is 74.0 Å². The molecule has 1 N–H and O–H groups in total. The van der Waals surface area contributed by atoms with E-state index in [1.165, 1.54) is 63.4 Å². The molecule has 0 saturated heterocycles. The van der Waals surface area contributed by atoms with Crippen molar-refractivity contribution in [2.24, 2.45) is 11.8 Å². The third-order valence-electron chi connectivity index (χ3n) is 6.95. The molecule has 2 aliphatic rings. The van der Waals surface area contributed by atoms with Gasteiger partial charge in [0.05, 0.1) is 0 Å². The quantitative estimate of drug-likeness (QED) is 0.326. The van der Waals surface area contributed by atoms with E-state index in [9.17, 15) is 9.90 Å². The Labute approximate surface area is 181 Å². The van der Waals surface area contributed by atoms with Gasteiger partial charge in [0.25, 0.3) is 0 Å². The van der Waals surface area contributed by atoms with Crippen LogP contribution in [-0.4, -0.2) is 30.9 Å². The maximum Gasteiger partial charge on any atom is 0.333 e. The molecule has 0 unspecified atom stereocenters. The van der Waals surface area contributed by atoms with Gasteiger partial charge in [-0.2, -0.15) is 0 Å². The molecule has 0 amide bonds. The van der Waals surface area contributed by atoms with Crippen LogP contribution in [-0.2, 0) is 16.0 Å². The van der Waals surface area contributed by atoms with Gasteiger partial charge in [-0.1, -0.05) is 50.8 Å². The highest BCUT2D eigenvalue weighted by molar-refractivity contribution is 5.86. The van der Waals surface area contributed by atoms with Gasteiger partial charge in [-0.25, -0.2) is 4.79 Å². The molecule has 1 aromatic rings. The Hall–Kier alpha value is -1.81. The number of ether oxygens (including phenoxy) is 2. The maximum atomic E-state index is 11.5. The zero-order chi connectivity index (χ0) is 21.3. The lowest BCUT2D eigenvalue weighted by molar-refractivity contribution is -0.139. The summed E-state index contributed by atoms with van der Waals surface area (Å²) < 4.78 is 11.1. The van der Waals surface area contributed by atoms with Crippen LogP contribution in [0.2, 0.25) is 0 Å². The second-order valence-corrected chi connectivity index (χ2v) is 9.12. The maximum absolute atomic E-state index is 11.5. The monoisotopic (exact) mass is 414 g/mol. The van der Waals surface area contributed by atoms with E-state index in [1.807, 2.05) is 0 Å². The first kappa shape index (κ1) is 22.9. The third kappa shape index (κ3) is 6.34. The predicted octanol–water partition coefficient (Wildman–Crippen LogP) is 5.57. The van der Waals surface area contributed by atoms with Crippen molar-refractivity contribution in [2.45, 2.75) is 77.0 Å². The molecule has 0 heterocycles. The minimum Gasteiger partial charge on any atom is -0.490 e. The minimum absolute atomic E-state index is 0.0901. The van der Waals surface area contributed by atoms with Crippen LogP contribution in [0.5, 0.6) is 5.75 Å². The van der Waals surface area contributed by atoms with E-state index in [2.05, 4.69) is 24.8 Å². The van der Waals surface area contributed by atoms with Crippen LogP contribution in [0.15, 0.2) is 30.4 Å². The van der Waals surface area contributed by atoms with Gasteiger partial charge < -0.3 is 14.6 Å². The largest absolute Gasteiger partial charge is 0.490 e. The van der Waals surface area contributed by atoms with E-state index in [1.54, 1.807) is 6.92 Å². The molecule has 4 heteroatoms. The summed E-state index contributed by atoms with van der Waals surface area (Å²) in [5, 5.41) is 9.39. The molecule has 0 aromatic heterocycles. The molecular formula is C26H38O4. The van der Waals surface area contributed by atoms with Crippen molar-refractivity contribution in [3.05, 3.63) is 41.5 Å². The van der Waals surface area contributed by atoms with Crippen LogP contribution >= 0.6 is 0 Å². The lowest BCUT2D eigenvalue weighted by Gasteiger charge is -2.36. The number of aliphatic hydroxyl groups is 1. The summed E-state index contributed by atoms with van der Waals surface area (Å²) in [5.74, 6) is 2.90. The SMILES string of the molecule is C=C(C)C(=O)OCCOc1cc(C2CCC(C3CCCCC3)CC2)ccc1CCO. The molecule has 0 radical (unpaired) electrons. The zero-order valence-corrected chi connectivity index (χ0v) is 18.5. The molecular weight excluding hydrogens is 376 g/mol. The molecule has 2 aliphatic carbocycles. The summed E-state index contributed by atoms with van der Waals surface area (Å²) in [7, 11) is 0. The fourth-order valence-electron chi connectivity index (χ4n) is 5.23. The highest BCUT2D eigenvalue weighted by Gasteiger charge is 2.29. The van der Waals surface area contributed by atoms with Crippen molar-refractivity contribution in [1.29, 1.82) is 0 Å². The van der Waals surface area contributed by atoms with Gasteiger partial charge in [-0.3, -0.25) is 0 Å². The van der Waals surface area contributed by atoms with E-state index >= 15 is 0 Å². The second-order valence-electron chi connectivity index (χ2n) is 9.12. The van der Waals surface area contributed by atoms with Crippen molar-refractivity contribution in [3.8, 4) is 5.75 Å². The fraction of sp³-hybridized carbons (Fsp3) is 0.654. The van der Waals surface area contributed by atoms with Crippen molar-refractivity contribution < 1.29 is 19.4 Å². The number of hydrogen-bond acceptors (Lipinski definition) is 4. The van der Waals surface area contributed by atoms with E-state index in [0.29, 0.717) is 24.5 Å². The number of aliphatic hydroxyl groups excluding tert-OH is 1. The summed E-state index contributed by atoms with van der Waals surface area (Å²) in [6.45, 7) is 5.81. The van der Waals surface area contributed by atoms with Crippen LogP contribution in [0.1, 0.15) is 81.8 Å². The van der Waals surface area contributed by atoms with E-state index in [4.69, 9.17) is 9.47 Å². The van der Waals surface area contributed by atoms with Crippen LogP contribution in [0.3, 0.4) is 0 Å². The third-order valence-corrected chi connectivity index (χ3v) is 6.95. The first-order chi connectivity index (χ1) is 14.6. The standard InChI is InChI=1S/C26H38O4/c1-19(2)26(28)30-17-16-29-25-18-24(13-12-23(25)14-15-27)22-10-8-21(9-11-22)20-6-4-3-5-7-20/h12-13,18,20-22,27H,1,3-11,14-17H2,2H3. The van der Waals surface area contributed by atoms with Crippen LogP contribution in [0, 0.1) is 11.8 Å². The molecule has 30 heavy (non-hydrogen) atoms. The predicted molar refractivity (Wildman–Crippen MR) is 120 cm³/mol. The Morgan fingerprint density at radius 3 is 2.40 bits per heavy atom. The Morgan fingerprint density at radius 1 is 1.03 bits per heavy atom. The van der Waals surface area contributed by atoms with Crippen molar-refractivity contribution in [3.63, 3.8) is 0 Å². The fourth-order valence-corrected chi connectivity index (χ4v) is 5.23. The van der Waals surface area contributed by atoms with E-state index in [0.717, 1.165) is 23.1 Å². The summed E-state index contributed by atoms with van der Waals surface area (Å²) in [5.41, 5.74) is 2.73. The number of hydrogen-bond donors (Lipinski definition) is 1. The smallest absolute Gasteiger partial charge is 0.333 e. The molecule has 2 fully saturated rings. The highest BCUT2D eigenvalue weighted by Crippen LogP contribution is 2.43. The number of esters is 1. The molecule has 0 bridgehead atoms. The van der Waals surface area contributed by atoms with Crippen molar-refractivity contribution in [2.75, 3.05) is 19.8 Å². The van der Waals surface area contributed by atoms with E-state index in [-0.39, 0.29) is 13.2 Å². The van der Waals surface area contributed by atoms with Gasteiger partial charge in [-0.15, -0.1) is 0 Å². The van der Waals surface area contributed by atoms with Gasteiger partial charge >= 0.3 is 5.97 Å². The number of benzene rings is 1. The van der Waals surface area contributed by atoms with Gasteiger partial charge in [0.1, 0.15) is 19.0 Å². The van der Waals surface area contributed by atoms with Crippen molar-refractivity contribution >= 4 is 5.97 Å². The molecule has 2 saturated carbocycles. The Bertz CT molecular complexity index is 697. The molecule has 166 valence electrons. The minimum atomic E-state index is -0.391. The summed E-state index contributed by atoms with van der Waals surface area (Å²) >= 11 is 0. The molecule has 0 spiro atoms. The Kier molecular flexibility index (Phi) is 8.80. The molecule has 0 aliphatic heterocycles.